The molecule has 1 aromatic carbocycles. The van der Waals surface area contributed by atoms with Crippen molar-refractivity contribution < 1.29 is 32.2 Å². The maximum absolute atomic E-state index is 12.5. The molecule has 0 aliphatic carbocycles. The first-order valence-electron chi connectivity index (χ1n) is 4.00. The first kappa shape index (κ1) is 12.3. The van der Waals surface area contributed by atoms with Gasteiger partial charge in [-0.25, -0.2) is 0 Å². The molecule has 0 aliphatic heterocycles. The molecule has 0 fully saturated rings. The molecular formula is C9H6F4O3. The molecule has 0 saturated carbocycles. The molecular weight excluding hydrogens is 232 g/mol. The molecule has 0 aromatic heterocycles. The van der Waals surface area contributed by atoms with E-state index in [4.69, 9.17) is 5.11 Å². The van der Waals surface area contributed by atoms with Crippen LogP contribution in [-0.4, -0.2) is 23.9 Å². The van der Waals surface area contributed by atoms with Gasteiger partial charge in [-0.3, -0.25) is 4.79 Å². The summed E-state index contributed by atoms with van der Waals surface area (Å²) in [5.74, 6) is -1.43. The number of carbonyl (C=O) groups excluding carboxylic acids is 1. The minimum atomic E-state index is -4.72. The van der Waals surface area contributed by atoms with Crippen LogP contribution in [0.4, 0.5) is 17.6 Å². The van der Waals surface area contributed by atoms with Gasteiger partial charge in [-0.1, -0.05) is 6.07 Å². The van der Waals surface area contributed by atoms with Gasteiger partial charge in [0.25, 0.3) is 0 Å². The maximum Gasteiger partial charge on any atom is 0.461 e. The van der Waals surface area contributed by atoms with Gasteiger partial charge in [-0.15, -0.1) is 0 Å². The van der Waals surface area contributed by atoms with E-state index in [1.165, 1.54) is 0 Å². The minimum absolute atomic E-state index is 0.0339. The summed E-state index contributed by atoms with van der Waals surface area (Å²) in [5.41, 5.74) is -0.608. The van der Waals surface area contributed by atoms with E-state index in [0.29, 0.717) is 0 Å². The van der Waals surface area contributed by atoms with Gasteiger partial charge in [0.1, 0.15) is 11.5 Å². The van der Waals surface area contributed by atoms with Crippen LogP contribution in [-0.2, 0) is 0 Å². The molecule has 0 bridgehead atoms. The van der Waals surface area contributed by atoms with Crippen LogP contribution in [0, 0.1) is 0 Å². The number of phenolic OH excluding ortho intramolecular Hbond substituents is 1. The zero-order valence-corrected chi connectivity index (χ0v) is 7.66. The van der Waals surface area contributed by atoms with Crippen molar-refractivity contribution in [2.75, 3.05) is 0 Å². The van der Waals surface area contributed by atoms with Crippen molar-refractivity contribution in [3.63, 3.8) is 0 Å². The highest BCUT2D eigenvalue weighted by Crippen LogP contribution is 2.32. The molecule has 0 saturated heterocycles. The van der Waals surface area contributed by atoms with Crippen LogP contribution in [0.2, 0.25) is 0 Å². The molecule has 0 radical (unpaired) electrons. The Kier molecular flexibility index (Phi) is 3.36. The van der Waals surface area contributed by atoms with Gasteiger partial charge in [0.05, 0.1) is 5.56 Å². The first-order valence-corrected chi connectivity index (χ1v) is 4.00. The maximum atomic E-state index is 12.5. The number of aldehydes is 1. The number of benzene rings is 1. The summed E-state index contributed by atoms with van der Waals surface area (Å²) in [5, 5.41) is 9.08. The fourth-order valence-corrected chi connectivity index (χ4v) is 0.931. The van der Waals surface area contributed by atoms with E-state index in [1.807, 2.05) is 0 Å². The average molecular weight is 238 g/mol. The van der Waals surface area contributed by atoms with Crippen molar-refractivity contribution in [2.45, 2.75) is 12.5 Å². The zero-order chi connectivity index (χ0) is 12.3. The molecule has 3 nitrogen and oxygen atoms in total. The smallest absolute Gasteiger partial charge is 0.461 e. The molecule has 16 heavy (non-hydrogen) atoms. The van der Waals surface area contributed by atoms with Crippen LogP contribution in [0.5, 0.6) is 11.5 Å². The summed E-state index contributed by atoms with van der Waals surface area (Å²) in [6.45, 7) is 0. The van der Waals surface area contributed by atoms with Crippen LogP contribution < -0.4 is 4.74 Å². The standard InChI is InChI=1S/C9H6F4O3/c10-8(11)9(12,13)16-7-3-1-2-6(15)5(7)4-14/h1-4,8,15H. The summed E-state index contributed by atoms with van der Waals surface area (Å²) in [6, 6.07) is 3.00. The third-order valence-electron chi connectivity index (χ3n) is 1.66. The molecule has 1 rings (SSSR count). The lowest BCUT2D eigenvalue weighted by Gasteiger charge is -2.17. The molecule has 0 unspecified atom stereocenters. The van der Waals surface area contributed by atoms with Crippen molar-refractivity contribution in [1.29, 1.82) is 0 Å². The highest BCUT2D eigenvalue weighted by atomic mass is 19.3. The lowest BCUT2D eigenvalue weighted by molar-refractivity contribution is -0.253. The third-order valence-corrected chi connectivity index (χ3v) is 1.66. The number of rotatable bonds is 4. The van der Waals surface area contributed by atoms with Crippen molar-refractivity contribution in [3.05, 3.63) is 23.8 Å². The second-order valence-electron chi connectivity index (χ2n) is 2.77. The van der Waals surface area contributed by atoms with E-state index in [9.17, 15) is 22.4 Å². The molecule has 1 aromatic rings. The number of halogens is 4. The van der Waals surface area contributed by atoms with E-state index in [0.717, 1.165) is 18.2 Å². The molecule has 0 spiro atoms. The van der Waals surface area contributed by atoms with E-state index in [1.54, 1.807) is 0 Å². The van der Waals surface area contributed by atoms with Gasteiger partial charge in [0.15, 0.2) is 6.29 Å². The summed E-state index contributed by atoms with van der Waals surface area (Å²) in [6.07, 6.45) is -8.72. The summed E-state index contributed by atoms with van der Waals surface area (Å²) >= 11 is 0. The fourth-order valence-electron chi connectivity index (χ4n) is 0.931. The predicted molar refractivity (Wildman–Crippen MR) is 45.1 cm³/mol. The van der Waals surface area contributed by atoms with Crippen LogP contribution in [0.25, 0.3) is 0 Å². The lowest BCUT2D eigenvalue weighted by Crippen LogP contribution is -2.33. The largest absolute Gasteiger partial charge is 0.507 e. The topological polar surface area (TPSA) is 46.5 Å². The van der Waals surface area contributed by atoms with Crippen molar-refractivity contribution in [3.8, 4) is 11.5 Å². The van der Waals surface area contributed by atoms with Crippen LogP contribution >= 0.6 is 0 Å². The highest BCUT2D eigenvalue weighted by molar-refractivity contribution is 5.83. The van der Waals surface area contributed by atoms with Crippen molar-refractivity contribution >= 4 is 6.29 Å². The number of hydrogen-bond acceptors (Lipinski definition) is 3. The van der Waals surface area contributed by atoms with E-state index in [-0.39, 0.29) is 6.29 Å². The molecule has 88 valence electrons. The molecule has 0 atom stereocenters. The van der Waals surface area contributed by atoms with Crippen molar-refractivity contribution in [1.82, 2.24) is 0 Å². The number of alkyl halides is 4. The van der Waals surface area contributed by atoms with Crippen LogP contribution in [0.1, 0.15) is 10.4 Å². The summed E-state index contributed by atoms with van der Waals surface area (Å²) < 4.78 is 52.3. The molecule has 0 aliphatic rings. The quantitative estimate of drug-likeness (QED) is 0.647. The molecule has 1 N–H and O–H groups in total. The number of phenols is 1. The Morgan fingerprint density at radius 3 is 2.50 bits per heavy atom. The molecule has 7 heteroatoms. The van der Waals surface area contributed by atoms with E-state index < -0.39 is 29.6 Å². The number of hydrogen-bond donors (Lipinski definition) is 1. The molecule has 0 amide bonds. The van der Waals surface area contributed by atoms with Gasteiger partial charge in [0.2, 0.25) is 0 Å². The molecule has 0 heterocycles. The Hall–Kier alpha value is -1.79. The second-order valence-corrected chi connectivity index (χ2v) is 2.77. The van der Waals surface area contributed by atoms with Crippen LogP contribution in [0.15, 0.2) is 18.2 Å². The number of aromatic hydroxyl groups is 1. The summed E-state index contributed by atoms with van der Waals surface area (Å²) in [7, 11) is 0. The average Bonchev–Trinajstić information content (AvgIpc) is 2.17. The lowest BCUT2D eigenvalue weighted by atomic mass is 10.2. The SMILES string of the molecule is O=Cc1c(O)cccc1OC(F)(F)C(F)F. The van der Waals surface area contributed by atoms with Gasteiger partial charge in [-0.2, -0.15) is 17.6 Å². The Bertz CT molecular complexity index is 392. The van der Waals surface area contributed by atoms with Gasteiger partial charge in [-0.05, 0) is 12.1 Å². The second kappa shape index (κ2) is 4.38. The Morgan fingerprint density at radius 2 is 2.00 bits per heavy atom. The van der Waals surface area contributed by atoms with Gasteiger partial charge >= 0.3 is 12.5 Å². The monoisotopic (exact) mass is 238 g/mol. The fraction of sp³-hybridized carbons (Fsp3) is 0.222. The predicted octanol–water partition coefficient (Wildman–Crippen LogP) is 2.44. The van der Waals surface area contributed by atoms with E-state index >= 15 is 0 Å². The number of carbonyl (C=O) groups is 1. The first-order chi connectivity index (χ1) is 7.38. The zero-order valence-electron chi connectivity index (χ0n) is 7.66. The van der Waals surface area contributed by atoms with E-state index in [2.05, 4.69) is 4.74 Å². The van der Waals surface area contributed by atoms with Crippen LogP contribution in [0.3, 0.4) is 0 Å². The Labute approximate surface area is 87.3 Å². The Morgan fingerprint density at radius 1 is 1.38 bits per heavy atom. The normalized spacial score (nSPS) is 11.6. The highest BCUT2D eigenvalue weighted by Gasteiger charge is 2.44. The van der Waals surface area contributed by atoms with Crippen molar-refractivity contribution in [2.24, 2.45) is 0 Å². The third kappa shape index (κ3) is 2.41. The van der Waals surface area contributed by atoms with Gasteiger partial charge < -0.3 is 9.84 Å². The Balaban J connectivity index is 3.06. The number of ether oxygens (including phenoxy) is 1. The minimum Gasteiger partial charge on any atom is -0.507 e. The van der Waals surface area contributed by atoms with Gasteiger partial charge in [0, 0.05) is 0 Å². The summed E-state index contributed by atoms with van der Waals surface area (Å²) in [4.78, 5) is 10.4.